The molecule has 0 amide bonds. The molecule has 20 heavy (non-hydrogen) atoms. The lowest BCUT2D eigenvalue weighted by atomic mass is 9.91. The van der Waals surface area contributed by atoms with E-state index in [2.05, 4.69) is 44.3 Å². The van der Waals surface area contributed by atoms with E-state index in [0.717, 1.165) is 24.6 Å². The first-order chi connectivity index (χ1) is 9.74. The number of hydrogen-bond acceptors (Lipinski definition) is 2. The summed E-state index contributed by atoms with van der Waals surface area (Å²) in [7, 11) is 1.76. The number of methoxy groups -OCH3 is 1. The van der Waals surface area contributed by atoms with E-state index >= 15 is 0 Å². The third-order valence-corrected chi connectivity index (χ3v) is 4.11. The van der Waals surface area contributed by atoms with Gasteiger partial charge in [0.15, 0.2) is 0 Å². The Morgan fingerprint density at radius 2 is 1.80 bits per heavy atom. The van der Waals surface area contributed by atoms with Crippen LogP contribution in [0.15, 0.2) is 24.3 Å². The van der Waals surface area contributed by atoms with E-state index in [-0.39, 0.29) is 0 Å². The lowest BCUT2D eigenvalue weighted by Crippen LogP contribution is -2.33. The van der Waals surface area contributed by atoms with Crippen molar-refractivity contribution in [2.24, 2.45) is 5.92 Å². The van der Waals surface area contributed by atoms with Gasteiger partial charge in [0.25, 0.3) is 0 Å². The molecule has 1 N–H and O–H groups in total. The summed E-state index contributed by atoms with van der Waals surface area (Å²) in [6, 6.07) is 8.94. The molecule has 0 saturated carbocycles. The van der Waals surface area contributed by atoms with Gasteiger partial charge in [-0.1, -0.05) is 51.8 Å². The lowest BCUT2D eigenvalue weighted by molar-refractivity contribution is 0.357. The highest BCUT2D eigenvalue weighted by atomic mass is 16.5. The van der Waals surface area contributed by atoms with Crippen LogP contribution in [-0.2, 0) is 6.42 Å². The van der Waals surface area contributed by atoms with Crippen molar-refractivity contribution in [3.05, 3.63) is 29.8 Å². The van der Waals surface area contributed by atoms with Gasteiger partial charge in [0.1, 0.15) is 5.75 Å². The summed E-state index contributed by atoms with van der Waals surface area (Å²) in [5.74, 6) is 1.83. The van der Waals surface area contributed by atoms with Crippen LogP contribution in [0.4, 0.5) is 0 Å². The third-order valence-electron chi connectivity index (χ3n) is 4.11. The Bertz CT molecular complexity index is 360. The normalized spacial score (nSPS) is 12.7. The Morgan fingerprint density at radius 1 is 1.10 bits per heavy atom. The van der Waals surface area contributed by atoms with Crippen LogP contribution in [0.2, 0.25) is 0 Å². The Kier molecular flexibility index (Phi) is 8.36. The highest BCUT2D eigenvalue weighted by molar-refractivity contribution is 5.33. The summed E-state index contributed by atoms with van der Waals surface area (Å²) >= 11 is 0. The van der Waals surface area contributed by atoms with Gasteiger partial charge in [-0.3, -0.25) is 0 Å². The average molecular weight is 277 g/mol. The van der Waals surface area contributed by atoms with E-state index in [1.165, 1.54) is 31.2 Å². The van der Waals surface area contributed by atoms with Gasteiger partial charge in [-0.2, -0.15) is 0 Å². The van der Waals surface area contributed by atoms with Crippen LogP contribution in [0, 0.1) is 5.92 Å². The van der Waals surface area contributed by atoms with Gasteiger partial charge in [-0.05, 0) is 43.4 Å². The van der Waals surface area contributed by atoms with Crippen molar-refractivity contribution in [1.82, 2.24) is 5.32 Å². The van der Waals surface area contributed by atoms with Gasteiger partial charge in [-0.25, -0.2) is 0 Å². The van der Waals surface area contributed by atoms with E-state index in [1.807, 2.05) is 6.07 Å². The molecule has 0 aliphatic heterocycles. The van der Waals surface area contributed by atoms with Crippen molar-refractivity contribution in [3.63, 3.8) is 0 Å². The smallest absolute Gasteiger partial charge is 0.122 e. The van der Waals surface area contributed by atoms with Crippen LogP contribution in [0.25, 0.3) is 0 Å². The number of benzene rings is 1. The Morgan fingerprint density at radius 3 is 2.40 bits per heavy atom. The fourth-order valence-corrected chi connectivity index (χ4v) is 2.75. The molecule has 0 aliphatic rings. The molecule has 0 bridgehead atoms. The zero-order valence-electron chi connectivity index (χ0n) is 13.6. The highest BCUT2D eigenvalue weighted by Crippen LogP contribution is 2.23. The monoisotopic (exact) mass is 277 g/mol. The predicted molar refractivity (Wildman–Crippen MR) is 87.5 cm³/mol. The van der Waals surface area contributed by atoms with Crippen LogP contribution in [-0.4, -0.2) is 19.7 Å². The van der Waals surface area contributed by atoms with Crippen LogP contribution >= 0.6 is 0 Å². The van der Waals surface area contributed by atoms with Crippen LogP contribution in [0.3, 0.4) is 0 Å². The molecule has 1 atom stereocenters. The molecule has 0 aliphatic carbocycles. The maximum atomic E-state index is 5.48. The molecule has 0 radical (unpaired) electrons. The van der Waals surface area contributed by atoms with Crippen LogP contribution < -0.4 is 10.1 Å². The third kappa shape index (κ3) is 5.54. The summed E-state index contributed by atoms with van der Waals surface area (Å²) in [6.07, 6.45) is 6.04. The minimum absolute atomic E-state index is 0.552. The largest absolute Gasteiger partial charge is 0.496 e. The molecular formula is C18H31NO. The quantitative estimate of drug-likeness (QED) is 0.683. The molecule has 1 unspecified atom stereocenters. The van der Waals surface area contributed by atoms with Gasteiger partial charge in [0.05, 0.1) is 7.11 Å². The molecular weight excluding hydrogens is 246 g/mol. The number of hydrogen-bond donors (Lipinski definition) is 1. The average Bonchev–Trinajstić information content (AvgIpc) is 2.50. The van der Waals surface area contributed by atoms with Crippen molar-refractivity contribution in [2.75, 3.05) is 13.7 Å². The van der Waals surface area contributed by atoms with Crippen molar-refractivity contribution in [3.8, 4) is 5.75 Å². The maximum Gasteiger partial charge on any atom is 0.122 e. The first-order valence-corrected chi connectivity index (χ1v) is 8.10. The Labute approximate surface area is 124 Å². The molecule has 2 nitrogen and oxygen atoms in total. The number of ether oxygens (including phenoxy) is 1. The molecule has 1 rings (SSSR count). The molecule has 114 valence electrons. The number of rotatable bonds is 10. The number of para-hydroxylation sites is 1. The number of nitrogens with one attached hydrogen (secondary N) is 1. The molecule has 1 aromatic carbocycles. The first kappa shape index (κ1) is 17.0. The van der Waals surface area contributed by atoms with Crippen molar-refractivity contribution < 1.29 is 4.74 Å². The van der Waals surface area contributed by atoms with Crippen molar-refractivity contribution in [1.29, 1.82) is 0 Å². The van der Waals surface area contributed by atoms with Gasteiger partial charge in [0, 0.05) is 6.04 Å². The van der Waals surface area contributed by atoms with Gasteiger partial charge in [0.2, 0.25) is 0 Å². The van der Waals surface area contributed by atoms with E-state index in [4.69, 9.17) is 4.74 Å². The van der Waals surface area contributed by atoms with E-state index in [0.29, 0.717) is 6.04 Å². The lowest BCUT2D eigenvalue weighted by Gasteiger charge is -2.24. The first-order valence-electron chi connectivity index (χ1n) is 8.10. The van der Waals surface area contributed by atoms with E-state index in [9.17, 15) is 0 Å². The van der Waals surface area contributed by atoms with Crippen molar-refractivity contribution >= 4 is 0 Å². The molecule has 1 aromatic rings. The summed E-state index contributed by atoms with van der Waals surface area (Å²) in [5, 5.41) is 3.71. The summed E-state index contributed by atoms with van der Waals surface area (Å²) in [6.45, 7) is 7.92. The molecule has 0 saturated heterocycles. The second-order valence-corrected chi connectivity index (χ2v) is 5.59. The highest BCUT2D eigenvalue weighted by Gasteiger charge is 2.16. The maximum absolute atomic E-state index is 5.48. The second-order valence-electron chi connectivity index (χ2n) is 5.59. The predicted octanol–water partition coefficient (Wildman–Crippen LogP) is 4.43. The molecule has 0 spiro atoms. The standard InChI is InChI=1S/C18H31NO/c1-5-12-19-17(13-15(6-2)7-3)14-16-10-8-9-11-18(16)20-4/h8-11,15,17,19H,5-7,12-14H2,1-4H3. The van der Waals surface area contributed by atoms with Gasteiger partial charge < -0.3 is 10.1 Å². The van der Waals surface area contributed by atoms with E-state index < -0.39 is 0 Å². The zero-order valence-corrected chi connectivity index (χ0v) is 13.6. The van der Waals surface area contributed by atoms with Crippen LogP contribution in [0.1, 0.15) is 52.0 Å². The van der Waals surface area contributed by atoms with E-state index in [1.54, 1.807) is 7.11 Å². The fraction of sp³-hybridized carbons (Fsp3) is 0.667. The van der Waals surface area contributed by atoms with Gasteiger partial charge in [-0.15, -0.1) is 0 Å². The minimum Gasteiger partial charge on any atom is -0.496 e. The second kappa shape index (κ2) is 9.82. The fourth-order valence-electron chi connectivity index (χ4n) is 2.75. The molecule has 0 fully saturated rings. The van der Waals surface area contributed by atoms with Crippen molar-refractivity contribution in [2.45, 2.75) is 58.9 Å². The topological polar surface area (TPSA) is 21.3 Å². The summed E-state index contributed by atoms with van der Waals surface area (Å²) in [5.41, 5.74) is 1.31. The minimum atomic E-state index is 0.552. The summed E-state index contributed by atoms with van der Waals surface area (Å²) < 4.78 is 5.48. The van der Waals surface area contributed by atoms with Crippen LogP contribution in [0.5, 0.6) is 5.75 Å². The molecule has 0 aromatic heterocycles. The Hall–Kier alpha value is -1.02. The summed E-state index contributed by atoms with van der Waals surface area (Å²) in [4.78, 5) is 0. The Balaban J connectivity index is 2.72. The zero-order chi connectivity index (χ0) is 14.8. The van der Waals surface area contributed by atoms with Gasteiger partial charge >= 0.3 is 0 Å². The molecule has 2 heteroatoms. The SMILES string of the molecule is CCCNC(Cc1ccccc1OC)CC(CC)CC. The molecule has 0 heterocycles.